The fraction of sp³-hybridized carbons (Fsp3) is 0.800. The average Bonchev–Trinajstić information content (AvgIpc) is 2.68. The molecule has 1 aromatic rings. The van der Waals surface area contributed by atoms with E-state index in [2.05, 4.69) is 24.2 Å². The number of hydrogen-bond donors (Lipinski definition) is 0. The summed E-state index contributed by atoms with van der Waals surface area (Å²) >= 11 is 0. The lowest BCUT2D eigenvalue weighted by atomic mass is 10.0. The second-order valence-electron chi connectivity index (χ2n) is 5.79. The highest BCUT2D eigenvalue weighted by atomic mass is 16.5. The number of carbonyl (C=O) groups excluding carboxylic acids is 1. The molecule has 0 N–H and O–H groups in total. The molecule has 1 fully saturated rings. The Balaban J connectivity index is 2.30. The molecule has 5 heteroatoms. The van der Waals surface area contributed by atoms with Crippen molar-refractivity contribution in [3.05, 3.63) is 11.4 Å². The second-order valence-corrected chi connectivity index (χ2v) is 5.79. The number of rotatable bonds is 4. The van der Waals surface area contributed by atoms with Crippen molar-refractivity contribution >= 4 is 5.97 Å². The van der Waals surface area contributed by atoms with Gasteiger partial charge in [-0.2, -0.15) is 0 Å². The van der Waals surface area contributed by atoms with Gasteiger partial charge in [-0.05, 0) is 25.7 Å². The number of aromatic nitrogens is 3. The fourth-order valence-corrected chi connectivity index (χ4v) is 2.96. The summed E-state index contributed by atoms with van der Waals surface area (Å²) < 4.78 is 7.08. The number of hydrogen-bond acceptors (Lipinski definition) is 4. The largest absolute Gasteiger partial charge is 0.461 e. The molecule has 0 atom stereocenters. The Labute approximate surface area is 120 Å². The standard InChI is InChI=1S/C15H25N3O2/c1-4-20-15(19)13-14(11(2)3)18(17-16-13)12-9-7-5-6-8-10-12/h11-12H,4-10H2,1-3H3. The molecule has 1 saturated carbocycles. The van der Waals surface area contributed by atoms with Crippen molar-refractivity contribution < 1.29 is 9.53 Å². The molecule has 0 aromatic carbocycles. The molecular weight excluding hydrogens is 254 g/mol. The first-order chi connectivity index (χ1) is 9.65. The summed E-state index contributed by atoms with van der Waals surface area (Å²) in [4.78, 5) is 12.0. The van der Waals surface area contributed by atoms with Crippen LogP contribution in [0.1, 0.15) is 87.4 Å². The van der Waals surface area contributed by atoms with Crippen molar-refractivity contribution in [2.45, 2.75) is 71.3 Å². The molecule has 0 spiro atoms. The van der Waals surface area contributed by atoms with Crippen LogP contribution in [0.4, 0.5) is 0 Å². The Bertz CT molecular complexity index is 446. The van der Waals surface area contributed by atoms with Crippen molar-refractivity contribution in [1.82, 2.24) is 15.0 Å². The van der Waals surface area contributed by atoms with E-state index in [-0.39, 0.29) is 11.9 Å². The maximum atomic E-state index is 12.0. The predicted molar refractivity (Wildman–Crippen MR) is 76.8 cm³/mol. The van der Waals surface area contributed by atoms with Crippen molar-refractivity contribution in [3.63, 3.8) is 0 Å². The van der Waals surface area contributed by atoms with Gasteiger partial charge < -0.3 is 4.74 Å². The summed E-state index contributed by atoms with van der Waals surface area (Å²) in [5.74, 6) is -0.135. The Morgan fingerprint density at radius 3 is 2.50 bits per heavy atom. The van der Waals surface area contributed by atoms with Gasteiger partial charge in [0, 0.05) is 0 Å². The van der Waals surface area contributed by atoms with Crippen LogP contribution in [-0.4, -0.2) is 27.6 Å². The van der Waals surface area contributed by atoms with Crippen LogP contribution in [0.2, 0.25) is 0 Å². The van der Waals surface area contributed by atoms with Gasteiger partial charge in [0.25, 0.3) is 0 Å². The zero-order valence-corrected chi connectivity index (χ0v) is 12.8. The normalized spacial score (nSPS) is 17.2. The maximum absolute atomic E-state index is 12.0. The molecule has 20 heavy (non-hydrogen) atoms. The average molecular weight is 279 g/mol. The molecule has 1 aliphatic carbocycles. The zero-order chi connectivity index (χ0) is 14.5. The van der Waals surface area contributed by atoms with Crippen LogP contribution in [0.5, 0.6) is 0 Å². The smallest absolute Gasteiger partial charge is 0.360 e. The SMILES string of the molecule is CCOC(=O)c1nnn(C2CCCCCC2)c1C(C)C. The minimum absolute atomic E-state index is 0.215. The summed E-state index contributed by atoms with van der Waals surface area (Å²) in [5, 5.41) is 8.37. The van der Waals surface area contributed by atoms with Gasteiger partial charge in [-0.25, -0.2) is 9.48 Å². The second kappa shape index (κ2) is 6.86. The van der Waals surface area contributed by atoms with Crippen LogP contribution in [0, 0.1) is 0 Å². The molecule has 0 radical (unpaired) electrons. The van der Waals surface area contributed by atoms with Crippen LogP contribution >= 0.6 is 0 Å². The topological polar surface area (TPSA) is 57.0 Å². The van der Waals surface area contributed by atoms with Crippen LogP contribution in [0.15, 0.2) is 0 Å². The van der Waals surface area contributed by atoms with Gasteiger partial charge >= 0.3 is 5.97 Å². The maximum Gasteiger partial charge on any atom is 0.360 e. The molecule has 0 saturated heterocycles. The third-order valence-electron chi connectivity index (χ3n) is 3.92. The Hall–Kier alpha value is -1.39. The van der Waals surface area contributed by atoms with E-state index in [0.29, 0.717) is 18.3 Å². The van der Waals surface area contributed by atoms with Crippen LogP contribution < -0.4 is 0 Å². The predicted octanol–water partition coefficient (Wildman–Crippen LogP) is 3.47. The van der Waals surface area contributed by atoms with Crippen LogP contribution in [0.25, 0.3) is 0 Å². The summed E-state index contributed by atoms with van der Waals surface area (Å²) in [6.45, 7) is 6.33. The van der Waals surface area contributed by atoms with E-state index in [1.54, 1.807) is 0 Å². The monoisotopic (exact) mass is 279 g/mol. The third-order valence-corrected chi connectivity index (χ3v) is 3.92. The number of nitrogens with zero attached hydrogens (tertiary/aromatic N) is 3. The number of carbonyl (C=O) groups is 1. The molecule has 1 aliphatic rings. The molecule has 1 aromatic heterocycles. The van der Waals surface area contributed by atoms with Gasteiger partial charge in [-0.15, -0.1) is 5.10 Å². The summed E-state index contributed by atoms with van der Waals surface area (Å²) in [7, 11) is 0. The summed E-state index contributed by atoms with van der Waals surface area (Å²) in [6, 6.07) is 0.380. The van der Waals surface area contributed by atoms with E-state index < -0.39 is 0 Å². The highest BCUT2D eigenvalue weighted by Crippen LogP contribution is 2.30. The molecule has 5 nitrogen and oxygen atoms in total. The van der Waals surface area contributed by atoms with E-state index in [0.717, 1.165) is 18.5 Å². The first-order valence-electron chi connectivity index (χ1n) is 7.77. The lowest BCUT2D eigenvalue weighted by Crippen LogP contribution is -2.16. The van der Waals surface area contributed by atoms with Gasteiger partial charge in [-0.1, -0.05) is 44.7 Å². The molecular formula is C15H25N3O2. The number of ether oxygens (including phenoxy) is 1. The van der Waals surface area contributed by atoms with Crippen molar-refractivity contribution in [3.8, 4) is 0 Å². The summed E-state index contributed by atoms with van der Waals surface area (Å²) in [5.41, 5.74) is 1.32. The zero-order valence-electron chi connectivity index (χ0n) is 12.8. The van der Waals surface area contributed by atoms with E-state index >= 15 is 0 Å². The molecule has 0 unspecified atom stereocenters. The molecule has 112 valence electrons. The van der Waals surface area contributed by atoms with Crippen molar-refractivity contribution in [2.75, 3.05) is 6.61 Å². The fourth-order valence-electron chi connectivity index (χ4n) is 2.96. The van der Waals surface area contributed by atoms with Gasteiger partial charge in [0.2, 0.25) is 0 Å². The highest BCUT2D eigenvalue weighted by molar-refractivity contribution is 5.88. The molecule has 0 bridgehead atoms. The van der Waals surface area contributed by atoms with E-state index in [1.807, 2.05) is 11.6 Å². The molecule has 1 heterocycles. The van der Waals surface area contributed by atoms with E-state index in [9.17, 15) is 4.79 Å². The van der Waals surface area contributed by atoms with Gasteiger partial charge in [0.05, 0.1) is 18.3 Å². The highest BCUT2D eigenvalue weighted by Gasteiger charge is 2.27. The van der Waals surface area contributed by atoms with Gasteiger partial charge in [0.1, 0.15) is 0 Å². The number of esters is 1. The van der Waals surface area contributed by atoms with E-state index in [4.69, 9.17) is 4.74 Å². The van der Waals surface area contributed by atoms with Crippen molar-refractivity contribution in [2.24, 2.45) is 0 Å². The van der Waals surface area contributed by atoms with Gasteiger partial charge in [0.15, 0.2) is 5.69 Å². The third kappa shape index (κ3) is 3.19. The molecule has 2 rings (SSSR count). The van der Waals surface area contributed by atoms with Crippen LogP contribution in [-0.2, 0) is 4.74 Å². The lowest BCUT2D eigenvalue weighted by molar-refractivity contribution is 0.0517. The lowest BCUT2D eigenvalue weighted by Gasteiger charge is -2.19. The quantitative estimate of drug-likeness (QED) is 0.625. The first-order valence-corrected chi connectivity index (χ1v) is 7.77. The minimum Gasteiger partial charge on any atom is -0.461 e. The van der Waals surface area contributed by atoms with Crippen LogP contribution in [0.3, 0.4) is 0 Å². The molecule has 0 amide bonds. The minimum atomic E-state index is -0.351. The summed E-state index contributed by atoms with van der Waals surface area (Å²) in [6.07, 6.45) is 7.32. The Morgan fingerprint density at radius 1 is 1.30 bits per heavy atom. The molecule has 0 aliphatic heterocycles. The van der Waals surface area contributed by atoms with Crippen molar-refractivity contribution in [1.29, 1.82) is 0 Å². The van der Waals surface area contributed by atoms with E-state index in [1.165, 1.54) is 25.7 Å². The first kappa shape index (κ1) is 15.0. The van der Waals surface area contributed by atoms with Gasteiger partial charge in [-0.3, -0.25) is 0 Å². The Kier molecular flexibility index (Phi) is 5.15. The Morgan fingerprint density at radius 2 is 1.95 bits per heavy atom.